The molecule has 5 aromatic carbocycles. The van der Waals surface area contributed by atoms with Gasteiger partial charge in [-0.25, -0.2) is 0 Å². The lowest BCUT2D eigenvalue weighted by atomic mass is 9.16. The molecule has 0 atom stereocenters. The fourth-order valence-corrected chi connectivity index (χ4v) is 5.78. The van der Waals surface area contributed by atoms with Gasteiger partial charge in [0.15, 0.2) is 0 Å². The predicted octanol–water partition coefficient (Wildman–Crippen LogP) is 6.75. The van der Waals surface area contributed by atoms with E-state index in [4.69, 9.17) is 0 Å². The third-order valence-corrected chi connectivity index (χ3v) is 7.73. The van der Waals surface area contributed by atoms with Crippen molar-refractivity contribution in [2.45, 2.75) is 17.7 Å². The summed E-state index contributed by atoms with van der Waals surface area (Å²) in [6, 6.07) is 47.6. The Hall–Kier alpha value is -3.71. The third kappa shape index (κ3) is 8.15. The number of fused-ring (bicyclic) bond motifs is 1. The van der Waals surface area contributed by atoms with Gasteiger partial charge in [-0.1, -0.05) is 121 Å². The minimum absolute atomic E-state index is 0.885. The van der Waals surface area contributed by atoms with Gasteiger partial charge in [-0.2, -0.15) is 16.4 Å². The van der Waals surface area contributed by atoms with Gasteiger partial charge in [-0.05, 0) is 35.1 Å². The first-order chi connectivity index (χ1) is 19.4. The first-order valence-electron chi connectivity index (χ1n) is 14.1. The zero-order valence-corrected chi connectivity index (χ0v) is 25.1. The number of thioether (sulfide) groups is 1. The summed E-state index contributed by atoms with van der Waals surface area (Å²) < 4.78 is 1.00. The van der Waals surface area contributed by atoms with Crippen LogP contribution < -0.4 is 16.4 Å². The van der Waals surface area contributed by atoms with Gasteiger partial charge in [0.25, 0.3) is 0 Å². The van der Waals surface area contributed by atoms with Gasteiger partial charge >= 0.3 is 0 Å². The van der Waals surface area contributed by atoms with Crippen molar-refractivity contribution in [2.24, 2.45) is 0 Å². The third-order valence-electron chi connectivity index (χ3n) is 6.65. The van der Waals surface area contributed by atoms with Crippen LogP contribution in [0.4, 0.5) is 0 Å². The highest BCUT2D eigenvalue weighted by atomic mass is 32.2. The van der Waals surface area contributed by atoms with Crippen LogP contribution in [-0.2, 0) is 0 Å². The van der Waals surface area contributed by atoms with Crippen molar-refractivity contribution in [3.63, 3.8) is 0 Å². The van der Waals surface area contributed by atoms with Crippen LogP contribution in [0.5, 0.6) is 0 Å². The maximum absolute atomic E-state index is 3.81. The second kappa shape index (κ2) is 14.1. The topological polar surface area (TPSA) is 0 Å². The Labute approximate surface area is 245 Å². The summed E-state index contributed by atoms with van der Waals surface area (Å²) in [7, 11) is 8.50. The van der Waals surface area contributed by atoms with Crippen LogP contribution in [0, 0.1) is 11.7 Å². The number of unbranched alkanes of at least 4 members (excludes halogenated alkanes) is 1. The Morgan fingerprint density at radius 3 is 1.52 bits per heavy atom. The summed E-state index contributed by atoms with van der Waals surface area (Å²) in [5, 5.41) is 2.60. The highest BCUT2D eigenvalue weighted by Crippen LogP contribution is 2.24. The molecule has 0 unspecified atom stereocenters. The molecular weight excluding hydrogens is 501 g/mol. The largest absolute Gasteiger partial charge is 0.333 e. The van der Waals surface area contributed by atoms with E-state index in [0.29, 0.717) is 0 Å². The lowest BCUT2D eigenvalue weighted by Gasteiger charge is -2.38. The summed E-state index contributed by atoms with van der Waals surface area (Å²) in [5.74, 6) is 8.47. The zero-order chi connectivity index (χ0) is 28.3. The summed E-state index contributed by atoms with van der Waals surface area (Å²) in [4.78, 5) is 1.33. The van der Waals surface area contributed by atoms with Crippen molar-refractivity contribution < 1.29 is 4.48 Å². The van der Waals surface area contributed by atoms with Crippen LogP contribution in [0.3, 0.4) is 0 Å². The monoisotopic (exact) mass is 541 g/mol. The minimum Gasteiger partial charge on any atom is -0.333 e. The molecule has 0 saturated carbocycles. The van der Waals surface area contributed by atoms with Crippen molar-refractivity contribution in [3.8, 4) is 11.7 Å². The van der Waals surface area contributed by atoms with Crippen molar-refractivity contribution in [3.05, 3.63) is 133 Å². The molecular formula is C37H40BNS. The van der Waals surface area contributed by atoms with E-state index < -0.39 is 6.15 Å². The molecule has 3 heteroatoms. The van der Waals surface area contributed by atoms with E-state index >= 15 is 0 Å². The number of hydrogen-bond acceptors (Lipinski definition) is 1. The molecule has 0 aromatic heterocycles. The fraction of sp³-hybridized carbons (Fsp3) is 0.189. The standard InChI is InChI=1S/C33H28BS.C4H12N/c1-5-17-30(18-6-1)34(31-19-7-2-8-20-31,32-21-9-3-10-22-32)25-13-4-14-26-35-33-24-23-28-15-11-12-16-29(28)27-33;1-5(2,3)4/h1-3,5-12,15-24,27H,4,14,26H2;1-4H3/q-1;+1. The molecule has 0 bridgehead atoms. The molecule has 5 aromatic rings. The van der Waals surface area contributed by atoms with Crippen molar-refractivity contribution in [2.75, 3.05) is 33.9 Å². The van der Waals surface area contributed by atoms with Gasteiger partial charge < -0.3 is 4.48 Å². The summed E-state index contributed by atoms with van der Waals surface area (Å²) in [6.45, 7) is 0. The maximum Gasteiger partial charge on any atom is 0.149 e. The van der Waals surface area contributed by atoms with Gasteiger partial charge in [-0.3, -0.25) is 5.82 Å². The first-order valence-corrected chi connectivity index (χ1v) is 15.1. The number of hydrogen-bond donors (Lipinski definition) is 0. The van der Waals surface area contributed by atoms with Crippen LogP contribution >= 0.6 is 11.8 Å². The van der Waals surface area contributed by atoms with E-state index in [1.165, 1.54) is 32.1 Å². The number of quaternary nitrogens is 1. The van der Waals surface area contributed by atoms with Crippen LogP contribution in [0.15, 0.2) is 138 Å². The highest BCUT2D eigenvalue weighted by molar-refractivity contribution is 7.99. The van der Waals surface area contributed by atoms with Crippen LogP contribution in [-0.4, -0.2) is 44.6 Å². The molecule has 0 fully saturated rings. The Morgan fingerprint density at radius 2 is 1.02 bits per heavy atom. The van der Waals surface area contributed by atoms with Crippen molar-refractivity contribution in [1.82, 2.24) is 0 Å². The highest BCUT2D eigenvalue weighted by Gasteiger charge is 2.27. The van der Waals surface area contributed by atoms with E-state index in [2.05, 4.69) is 173 Å². The molecule has 0 heterocycles. The van der Waals surface area contributed by atoms with Crippen molar-refractivity contribution >= 4 is 45.1 Å². The number of benzene rings is 5. The smallest absolute Gasteiger partial charge is 0.149 e. The lowest BCUT2D eigenvalue weighted by Crippen LogP contribution is -2.66. The Balaban J connectivity index is 0.000000681. The zero-order valence-electron chi connectivity index (χ0n) is 24.3. The molecule has 0 amide bonds. The van der Waals surface area contributed by atoms with Gasteiger partial charge in [0.2, 0.25) is 0 Å². The average Bonchev–Trinajstić information content (AvgIpc) is 2.97. The molecule has 1 nitrogen and oxygen atoms in total. The second-order valence-corrected chi connectivity index (χ2v) is 12.7. The van der Waals surface area contributed by atoms with Crippen LogP contribution in [0.2, 0.25) is 0 Å². The molecule has 0 spiro atoms. The van der Waals surface area contributed by atoms with E-state index in [1.807, 2.05) is 11.8 Å². The Bertz CT molecular complexity index is 1430. The first kappa shape index (κ1) is 29.3. The number of nitrogens with zero attached hydrogens (tertiary/aromatic N) is 1. The van der Waals surface area contributed by atoms with E-state index in [9.17, 15) is 0 Å². The van der Waals surface area contributed by atoms with Gasteiger partial charge in [0.05, 0.1) is 28.2 Å². The Kier molecular flexibility index (Phi) is 10.3. The summed E-state index contributed by atoms with van der Waals surface area (Å²) in [5.41, 5.74) is 3.80. The van der Waals surface area contributed by atoms with Crippen molar-refractivity contribution in [1.29, 1.82) is 0 Å². The molecule has 0 aliphatic rings. The van der Waals surface area contributed by atoms with E-state index in [0.717, 1.165) is 23.1 Å². The van der Waals surface area contributed by atoms with E-state index in [1.54, 1.807) is 0 Å². The molecule has 0 radical (unpaired) electrons. The molecule has 0 N–H and O–H groups in total. The molecule has 0 aliphatic heterocycles. The van der Waals surface area contributed by atoms with E-state index in [-0.39, 0.29) is 0 Å². The molecule has 0 aliphatic carbocycles. The fourth-order valence-electron chi connectivity index (χ4n) is 4.89. The van der Waals surface area contributed by atoms with Gasteiger partial charge in [0, 0.05) is 11.3 Å². The predicted molar refractivity (Wildman–Crippen MR) is 180 cm³/mol. The molecule has 202 valence electrons. The summed E-state index contributed by atoms with van der Waals surface area (Å²) >= 11 is 1.92. The second-order valence-electron chi connectivity index (χ2n) is 11.6. The normalized spacial score (nSPS) is 11.2. The minimum atomic E-state index is -1.37. The quantitative estimate of drug-likeness (QED) is 0.0723. The number of rotatable bonds is 7. The lowest BCUT2D eigenvalue weighted by molar-refractivity contribution is -0.849. The Morgan fingerprint density at radius 1 is 0.575 bits per heavy atom. The maximum atomic E-state index is 3.81. The van der Waals surface area contributed by atoms with Gasteiger partial charge in [0.1, 0.15) is 6.15 Å². The van der Waals surface area contributed by atoms with Gasteiger partial charge in [-0.15, -0.1) is 17.7 Å². The summed E-state index contributed by atoms with van der Waals surface area (Å²) in [6.07, 6.45) is 0.579. The molecule has 0 saturated heterocycles. The average molecular weight is 542 g/mol. The molecule has 5 rings (SSSR count). The van der Waals surface area contributed by atoms with Crippen LogP contribution in [0.1, 0.15) is 12.8 Å². The van der Waals surface area contributed by atoms with Crippen LogP contribution in [0.25, 0.3) is 10.8 Å². The SMILES string of the molecule is C(#C[B-](c1ccccc1)(c1ccccc1)c1ccccc1)CCCSc1ccc2ccccc2c1.C[N+](C)(C)C. The molecule has 40 heavy (non-hydrogen) atoms.